The van der Waals surface area contributed by atoms with Crippen LogP contribution >= 0.6 is 11.3 Å². The minimum Gasteiger partial charge on any atom is -0.497 e. The first-order valence-electron chi connectivity index (χ1n) is 7.88. The number of hydrogen-bond acceptors (Lipinski definition) is 5. The lowest BCUT2D eigenvalue weighted by Gasteiger charge is -2.18. The van der Waals surface area contributed by atoms with Crippen molar-refractivity contribution in [3.63, 3.8) is 0 Å². The van der Waals surface area contributed by atoms with E-state index in [2.05, 4.69) is 10.6 Å². The van der Waals surface area contributed by atoms with Crippen LogP contribution in [0.3, 0.4) is 0 Å². The van der Waals surface area contributed by atoms with Crippen LogP contribution in [0.2, 0.25) is 0 Å². The molecule has 0 bridgehead atoms. The molecule has 1 unspecified atom stereocenters. The second kappa shape index (κ2) is 9.08. The van der Waals surface area contributed by atoms with E-state index in [1.807, 2.05) is 30.5 Å². The summed E-state index contributed by atoms with van der Waals surface area (Å²) in [5.74, 6) is 1.04. The summed E-state index contributed by atoms with van der Waals surface area (Å²) in [7, 11) is 3.16. The van der Waals surface area contributed by atoms with Gasteiger partial charge in [0, 0.05) is 24.6 Å². The van der Waals surface area contributed by atoms with Gasteiger partial charge in [-0.25, -0.2) is 0 Å². The summed E-state index contributed by atoms with van der Waals surface area (Å²) in [4.78, 5) is 24.5. The van der Waals surface area contributed by atoms with Gasteiger partial charge < -0.3 is 20.1 Å². The fourth-order valence-electron chi connectivity index (χ4n) is 2.35. The highest BCUT2D eigenvalue weighted by Gasteiger charge is 2.15. The van der Waals surface area contributed by atoms with Gasteiger partial charge in [0.25, 0.3) is 5.91 Å². The zero-order chi connectivity index (χ0) is 18.2. The Hall–Kier alpha value is -2.54. The standard InChI is InChI=1S/C18H22N2O4S/c1-12(14-7-6-13(23-2)11-15(14)24-3)20-17(21)8-9-19-18(22)16-5-4-10-25-16/h4-7,10-12H,8-9H2,1-3H3,(H,19,22)(H,20,21). The summed E-state index contributed by atoms with van der Waals surface area (Å²) in [6, 6.07) is 8.80. The fraction of sp³-hybridized carbons (Fsp3) is 0.333. The molecule has 1 aromatic carbocycles. The topological polar surface area (TPSA) is 76.7 Å². The second-order valence-electron chi connectivity index (χ2n) is 5.38. The van der Waals surface area contributed by atoms with E-state index in [9.17, 15) is 9.59 Å². The summed E-state index contributed by atoms with van der Waals surface area (Å²) < 4.78 is 10.5. The minimum atomic E-state index is -0.221. The van der Waals surface area contributed by atoms with Gasteiger partial charge in [-0.05, 0) is 30.5 Å². The first kappa shape index (κ1) is 18.8. The third kappa shape index (κ3) is 5.22. The Bertz CT molecular complexity index is 716. The third-order valence-electron chi connectivity index (χ3n) is 3.67. The minimum absolute atomic E-state index is 0.142. The molecule has 0 spiro atoms. The van der Waals surface area contributed by atoms with Crippen molar-refractivity contribution < 1.29 is 19.1 Å². The molecule has 2 aromatic rings. The Morgan fingerprint density at radius 2 is 2.00 bits per heavy atom. The van der Waals surface area contributed by atoms with Gasteiger partial charge in [0.1, 0.15) is 11.5 Å². The van der Waals surface area contributed by atoms with Gasteiger partial charge in [-0.1, -0.05) is 6.07 Å². The SMILES string of the molecule is COc1ccc(C(C)NC(=O)CCNC(=O)c2cccs2)c(OC)c1. The van der Waals surface area contributed by atoms with Gasteiger partial charge in [0.15, 0.2) is 0 Å². The lowest BCUT2D eigenvalue weighted by molar-refractivity contribution is -0.121. The number of benzene rings is 1. The van der Waals surface area contributed by atoms with Gasteiger partial charge in [-0.2, -0.15) is 0 Å². The van der Waals surface area contributed by atoms with Crippen molar-refractivity contribution in [3.05, 3.63) is 46.2 Å². The Kier molecular flexibility index (Phi) is 6.82. The molecule has 0 saturated carbocycles. The molecule has 1 heterocycles. The number of ether oxygens (including phenoxy) is 2. The summed E-state index contributed by atoms with van der Waals surface area (Å²) in [5.41, 5.74) is 0.860. The second-order valence-corrected chi connectivity index (χ2v) is 6.33. The van der Waals surface area contributed by atoms with Crippen LogP contribution in [0.4, 0.5) is 0 Å². The number of amides is 2. The number of methoxy groups -OCH3 is 2. The van der Waals surface area contributed by atoms with Crippen molar-refractivity contribution in [1.29, 1.82) is 0 Å². The van der Waals surface area contributed by atoms with Crippen molar-refractivity contribution in [3.8, 4) is 11.5 Å². The van der Waals surface area contributed by atoms with Crippen LogP contribution in [0.1, 0.15) is 34.6 Å². The molecule has 0 aliphatic heterocycles. The van der Waals surface area contributed by atoms with Gasteiger partial charge in [-0.15, -0.1) is 11.3 Å². The number of rotatable bonds is 8. The highest BCUT2D eigenvalue weighted by atomic mass is 32.1. The Morgan fingerprint density at radius 1 is 1.20 bits per heavy atom. The first-order chi connectivity index (χ1) is 12.0. The molecule has 134 valence electrons. The van der Waals surface area contributed by atoms with E-state index in [-0.39, 0.29) is 30.8 Å². The lowest BCUT2D eigenvalue weighted by atomic mass is 10.1. The van der Waals surface area contributed by atoms with E-state index in [0.717, 1.165) is 5.56 Å². The van der Waals surface area contributed by atoms with Crippen LogP contribution < -0.4 is 20.1 Å². The Morgan fingerprint density at radius 3 is 2.64 bits per heavy atom. The quantitative estimate of drug-likeness (QED) is 0.757. The molecular formula is C18H22N2O4S. The molecule has 0 radical (unpaired) electrons. The van der Waals surface area contributed by atoms with E-state index in [1.54, 1.807) is 26.4 Å². The molecule has 0 aliphatic rings. The highest BCUT2D eigenvalue weighted by molar-refractivity contribution is 7.12. The van der Waals surface area contributed by atoms with Crippen LogP contribution in [0.25, 0.3) is 0 Å². The maximum Gasteiger partial charge on any atom is 0.261 e. The third-order valence-corrected chi connectivity index (χ3v) is 4.54. The van der Waals surface area contributed by atoms with Gasteiger partial charge in [-0.3, -0.25) is 9.59 Å². The van der Waals surface area contributed by atoms with Crippen LogP contribution in [0.5, 0.6) is 11.5 Å². The number of carbonyl (C=O) groups excluding carboxylic acids is 2. The molecule has 25 heavy (non-hydrogen) atoms. The van der Waals surface area contributed by atoms with Gasteiger partial charge in [0.2, 0.25) is 5.91 Å². The predicted octanol–water partition coefficient (Wildman–Crippen LogP) is 2.76. The molecular weight excluding hydrogens is 340 g/mol. The average molecular weight is 362 g/mol. The van der Waals surface area contributed by atoms with E-state index < -0.39 is 0 Å². The predicted molar refractivity (Wildman–Crippen MR) is 97.4 cm³/mol. The van der Waals surface area contributed by atoms with E-state index in [0.29, 0.717) is 16.4 Å². The van der Waals surface area contributed by atoms with Crippen molar-refractivity contribution in [1.82, 2.24) is 10.6 Å². The fourth-order valence-corrected chi connectivity index (χ4v) is 2.99. The summed E-state index contributed by atoms with van der Waals surface area (Å²) >= 11 is 1.37. The molecule has 1 aromatic heterocycles. The molecule has 6 nitrogen and oxygen atoms in total. The molecule has 0 saturated heterocycles. The summed E-state index contributed by atoms with van der Waals surface area (Å²) in [6.45, 7) is 2.17. The monoisotopic (exact) mass is 362 g/mol. The molecule has 2 amide bonds. The van der Waals surface area contributed by atoms with Gasteiger partial charge in [0.05, 0.1) is 25.1 Å². The number of nitrogens with one attached hydrogen (secondary N) is 2. The van der Waals surface area contributed by atoms with Crippen molar-refractivity contribution in [2.75, 3.05) is 20.8 Å². The number of hydrogen-bond donors (Lipinski definition) is 2. The number of thiophene rings is 1. The molecule has 0 fully saturated rings. The summed E-state index contributed by atoms with van der Waals surface area (Å²) in [5, 5.41) is 7.48. The average Bonchev–Trinajstić information content (AvgIpc) is 3.15. The van der Waals surface area contributed by atoms with E-state index in [1.165, 1.54) is 11.3 Å². The maximum atomic E-state index is 12.1. The van der Waals surface area contributed by atoms with Crippen LogP contribution in [-0.2, 0) is 4.79 Å². The van der Waals surface area contributed by atoms with Crippen molar-refractivity contribution in [2.24, 2.45) is 0 Å². The zero-order valence-corrected chi connectivity index (χ0v) is 15.3. The Balaban J connectivity index is 1.84. The molecule has 7 heteroatoms. The first-order valence-corrected chi connectivity index (χ1v) is 8.76. The lowest BCUT2D eigenvalue weighted by Crippen LogP contribution is -2.32. The normalized spacial score (nSPS) is 11.5. The number of carbonyl (C=O) groups is 2. The van der Waals surface area contributed by atoms with Crippen LogP contribution in [0.15, 0.2) is 35.7 Å². The molecule has 2 rings (SSSR count). The molecule has 0 aliphatic carbocycles. The van der Waals surface area contributed by atoms with Gasteiger partial charge >= 0.3 is 0 Å². The van der Waals surface area contributed by atoms with Crippen LogP contribution in [-0.4, -0.2) is 32.6 Å². The van der Waals surface area contributed by atoms with E-state index in [4.69, 9.17) is 9.47 Å². The van der Waals surface area contributed by atoms with E-state index >= 15 is 0 Å². The van der Waals surface area contributed by atoms with Crippen molar-refractivity contribution in [2.45, 2.75) is 19.4 Å². The highest BCUT2D eigenvalue weighted by Crippen LogP contribution is 2.29. The molecule has 1 atom stereocenters. The maximum absolute atomic E-state index is 12.1. The van der Waals surface area contributed by atoms with Crippen molar-refractivity contribution >= 4 is 23.2 Å². The Labute approximate surface area is 151 Å². The smallest absolute Gasteiger partial charge is 0.261 e. The largest absolute Gasteiger partial charge is 0.497 e. The summed E-state index contributed by atoms with van der Waals surface area (Å²) in [6.07, 6.45) is 0.208. The van der Waals surface area contributed by atoms with Crippen LogP contribution in [0, 0.1) is 0 Å². The molecule has 2 N–H and O–H groups in total. The zero-order valence-electron chi connectivity index (χ0n) is 14.5.